The third kappa shape index (κ3) is 3.47. The summed E-state index contributed by atoms with van der Waals surface area (Å²) in [5.74, 6) is 0.282. The molecule has 1 aromatic heterocycles. The largest absolute Gasteiger partial charge is 0.377 e. The molecule has 1 heterocycles. The van der Waals surface area contributed by atoms with Gasteiger partial charge in [0.2, 0.25) is 5.56 Å². The van der Waals surface area contributed by atoms with Crippen LogP contribution in [0.25, 0.3) is 6.08 Å². The minimum absolute atomic E-state index is 0.0456. The Bertz CT molecular complexity index is 1130. The number of nitrogens with one attached hydrogen (secondary N) is 1. The Kier molecular flexibility index (Phi) is 5.33. The smallest absolute Gasteiger partial charge is 0.248 e. The zero-order chi connectivity index (χ0) is 21.3. The second kappa shape index (κ2) is 7.94. The summed E-state index contributed by atoms with van der Waals surface area (Å²) in [6.45, 7) is 4.28. The Labute approximate surface area is 178 Å². The first kappa shape index (κ1) is 20.1. The lowest BCUT2D eigenvalue weighted by atomic mass is 9.63. The van der Waals surface area contributed by atoms with Crippen molar-refractivity contribution < 1.29 is 0 Å². The first-order valence-electron chi connectivity index (χ1n) is 10.5. The summed E-state index contributed by atoms with van der Waals surface area (Å²) in [6.07, 6.45) is 12.3. The highest BCUT2D eigenvalue weighted by Crippen LogP contribution is 2.51. The van der Waals surface area contributed by atoms with Gasteiger partial charge in [0.25, 0.3) is 0 Å². The molecular weight excluding hydrogens is 370 g/mol. The van der Waals surface area contributed by atoms with Crippen molar-refractivity contribution in [2.75, 3.05) is 19.0 Å². The van der Waals surface area contributed by atoms with Crippen molar-refractivity contribution in [1.82, 2.24) is 4.98 Å². The predicted octanol–water partition coefficient (Wildman–Crippen LogP) is 4.89. The number of pyridine rings is 1. The summed E-state index contributed by atoms with van der Waals surface area (Å²) >= 11 is 0. The molecule has 4 nitrogen and oxygen atoms in total. The molecule has 1 N–H and O–H groups in total. The van der Waals surface area contributed by atoms with Gasteiger partial charge in [-0.1, -0.05) is 42.0 Å². The fraction of sp³-hybridized carbons (Fsp3) is 0.308. The van der Waals surface area contributed by atoms with Gasteiger partial charge in [-0.2, -0.15) is 0 Å². The number of allylic oxidation sites excluding steroid dienone is 3. The fourth-order valence-corrected chi connectivity index (χ4v) is 5.01. The lowest BCUT2D eigenvalue weighted by molar-refractivity contribution is 0.413. The molecule has 0 spiro atoms. The molecule has 2 unspecified atom stereocenters. The predicted molar refractivity (Wildman–Crippen MR) is 126 cm³/mol. The molecule has 30 heavy (non-hydrogen) atoms. The van der Waals surface area contributed by atoms with Crippen LogP contribution >= 0.6 is 0 Å². The summed E-state index contributed by atoms with van der Waals surface area (Å²) in [6, 6.07) is 11.9. The van der Waals surface area contributed by atoms with Gasteiger partial charge in [0, 0.05) is 55.7 Å². The molecule has 0 fully saturated rings. The number of H-pyrrole nitrogens is 1. The molecular formula is C26H29N3O. The number of fused-ring (bicyclic) bond motifs is 4. The molecule has 4 heteroatoms. The maximum Gasteiger partial charge on any atom is 0.248 e. The monoisotopic (exact) mass is 399 g/mol. The van der Waals surface area contributed by atoms with Crippen molar-refractivity contribution in [2.24, 2.45) is 10.9 Å². The highest BCUT2D eigenvalue weighted by molar-refractivity contribution is 5.82. The molecule has 0 saturated carbocycles. The van der Waals surface area contributed by atoms with Crippen LogP contribution in [0.2, 0.25) is 0 Å². The van der Waals surface area contributed by atoms with Crippen LogP contribution in [0.4, 0.5) is 5.69 Å². The molecule has 2 atom stereocenters. The van der Waals surface area contributed by atoms with Crippen LogP contribution < -0.4 is 10.5 Å². The number of aromatic amines is 1. The van der Waals surface area contributed by atoms with Gasteiger partial charge >= 0.3 is 0 Å². The highest BCUT2D eigenvalue weighted by atomic mass is 16.1. The summed E-state index contributed by atoms with van der Waals surface area (Å²) in [7, 11) is 4.10. The van der Waals surface area contributed by atoms with Crippen LogP contribution in [0.3, 0.4) is 0 Å². The molecule has 0 saturated heterocycles. The van der Waals surface area contributed by atoms with Crippen LogP contribution in [-0.2, 0) is 12.0 Å². The van der Waals surface area contributed by atoms with E-state index in [1.54, 1.807) is 6.07 Å². The Morgan fingerprint density at radius 2 is 2.00 bits per heavy atom. The van der Waals surface area contributed by atoms with Crippen LogP contribution in [0, 0.1) is 5.92 Å². The number of nitrogens with zero attached hydrogens (tertiary/aromatic N) is 2. The Hall–Kier alpha value is -3.14. The van der Waals surface area contributed by atoms with Gasteiger partial charge in [-0.15, -0.1) is 0 Å². The number of benzene rings is 1. The van der Waals surface area contributed by atoms with Crippen LogP contribution in [0.1, 0.15) is 37.1 Å². The highest BCUT2D eigenvalue weighted by Gasteiger charge is 2.46. The van der Waals surface area contributed by atoms with Crippen molar-refractivity contribution in [3.8, 4) is 0 Å². The number of aliphatic imine (C=N–C) groups is 1. The van der Waals surface area contributed by atoms with E-state index in [1.807, 2.05) is 24.4 Å². The van der Waals surface area contributed by atoms with E-state index in [-0.39, 0.29) is 11.5 Å². The minimum Gasteiger partial charge on any atom is -0.377 e. The minimum atomic E-state index is -0.443. The number of rotatable bonds is 4. The van der Waals surface area contributed by atoms with E-state index in [1.165, 1.54) is 16.8 Å². The molecule has 154 valence electrons. The van der Waals surface area contributed by atoms with Gasteiger partial charge in [-0.3, -0.25) is 9.79 Å². The average Bonchev–Trinajstić information content (AvgIpc) is 2.70. The van der Waals surface area contributed by atoms with Gasteiger partial charge in [-0.05, 0) is 49.6 Å². The quantitative estimate of drug-likeness (QED) is 0.588. The SMILES string of the molecule is C/C=C1\C2C=C(C)CC1(/N=C/C=C/c1ccccc1N(C)C)c1ccc(=O)[nH]c1C2. The van der Waals surface area contributed by atoms with Crippen molar-refractivity contribution in [1.29, 1.82) is 0 Å². The topological polar surface area (TPSA) is 48.5 Å². The summed E-state index contributed by atoms with van der Waals surface area (Å²) < 4.78 is 0. The normalized spacial score (nSPS) is 24.3. The molecule has 2 aliphatic carbocycles. The first-order valence-corrected chi connectivity index (χ1v) is 10.5. The van der Waals surface area contributed by atoms with E-state index in [2.05, 4.69) is 74.3 Å². The van der Waals surface area contributed by atoms with Crippen molar-refractivity contribution in [3.05, 3.63) is 92.9 Å². The third-order valence-electron chi connectivity index (χ3n) is 6.15. The standard InChI is InChI=1S/C26H29N3O/c1-5-21-20-15-18(2)17-26(21,22-12-13-25(30)28-23(22)16-20)27-14-8-10-19-9-6-7-11-24(19)29(3)4/h5-15,20H,16-17H2,1-4H3,(H,28,30)/b10-8+,21-5+,27-14+. The average molecular weight is 400 g/mol. The van der Waals surface area contributed by atoms with E-state index in [9.17, 15) is 4.79 Å². The van der Waals surface area contributed by atoms with E-state index < -0.39 is 5.54 Å². The zero-order valence-corrected chi connectivity index (χ0v) is 18.1. The molecule has 1 aromatic carbocycles. The zero-order valence-electron chi connectivity index (χ0n) is 18.1. The maximum atomic E-state index is 11.9. The van der Waals surface area contributed by atoms with Crippen molar-refractivity contribution in [3.63, 3.8) is 0 Å². The lowest BCUT2D eigenvalue weighted by Crippen LogP contribution is -2.40. The van der Waals surface area contributed by atoms with E-state index in [4.69, 9.17) is 4.99 Å². The van der Waals surface area contributed by atoms with Gasteiger partial charge < -0.3 is 9.88 Å². The fourth-order valence-electron chi connectivity index (χ4n) is 5.01. The van der Waals surface area contributed by atoms with Crippen molar-refractivity contribution in [2.45, 2.75) is 32.2 Å². The summed E-state index contributed by atoms with van der Waals surface area (Å²) in [5, 5.41) is 0. The molecule has 0 amide bonds. The summed E-state index contributed by atoms with van der Waals surface area (Å²) in [4.78, 5) is 22.3. The number of anilines is 1. The van der Waals surface area contributed by atoms with Gasteiger partial charge in [0.15, 0.2) is 0 Å². The Morgan fingerprint density at radius 3 is 2.77 bits per heavy atom. The van der Waals surface area contributed by atoms with Gasteiger partial charge in [0.1, 0.15) is 5.54 Å². The molecule has 2 aliphatic rings. The molecule has 0 radical (unpaired) electrons. The first-order chi connectivity index (χ1) is 14.4. The molecule has 0 aliphatic heterocycles. The van der Waals surface area contributed by atoms with E-state index >= 15 is 0 Å². The summed E-state index contributed by atoms with van der Waals surface area (Å²) in [5.41, 5.74) is 6.65. The Balaban J connectivity index is 1.76. The second-order valence-corrected chi connectivity index (χ2v) is 8.41. The third-order valence-corrected chi connectivity index (χ3v) is 6.15. The molecule has 4 rings (SSSR count). The van der Waals surface area contributed by atoms with E-state index in [0.29, 0.717) is 0 Å². The molecule has 2 bridgehead atoms. The lowest BCUT2D eigenvalue weighted by Gasteiger charge is -2.45. The molecule has 2 aromatic rings. The number of hydrogen-bond acceptors (Lipinski definition) is 3. The van der Waals surface area contributed by atoms with Gasteiger partial charge in [0.05, 0.1) is 0 Å². The van der Waals surface area contributed by atoms with Gasteiger partial charge in [-0.25, -0.2) is 0 Å². The van der Waals surface area contributed by atoms with E-state index in [0.717, 1.165) is 29.7 Å². The van der Waals surface area contributed by atoms with Crippen LogP contribution in [0.15, 0.2) is 75.6 Å². The van der Waals surface area contributed by atoms with Crippen LogP contribution in [-0.4, -0.2) is 25.3 Å². The Morgan fingerprint density at radius 1 is 1.20 bits per heavy atom. The maximum absolute atomic E-state index is 11.9. The second-order valence-electron chi connectivity index (χ2n) is 8.41. The number of para-hydroxylation sites is 1. The number of hydrogen-bond donors (Lipinski definition) is 1. The van der Waals surface area contributed by atoms with Crippen molar-refractivity contribution >= 4 is 18.0 Å². The number of aromatic nitrogens is 1. The van der Waals surface area contributed by atoms with Crippen LogP contribution in [0.5, 0.6) is 0 Å².